The number of nitrogens with zero attached hydrogens (tertiary/aromatic N) is 2. The molecule has 34 heavy (non-hydrogen) atoms. The van der Waals surface area contributed by atoms with Crippen molar-refractivity contribution in [3.05, 3.63) is 29.8 Å². The van der Waals surface area contributed by atoms with Crippen LogP contribution in [0.2, 0.25) is 0 Å². The summed E-state index contributed by atoms with van der Waals surface area (Å²) in [5.74, 6) is -1.31. The fraction of sp³-hybridized carbons (Fsp3) is 0.625. The molecular formula is C24H37N3O6S. The first-order valence-electron chi connectivity index (χ1n) is 11.7. The number of amides is 2. The largest absolute Gasteiger partial charge is 0.456 e. The number of ether oxygens (including phenoxy) is 1. The lowest BCUT2D eigenvalue weighted by Gasteiger charge is -2.23. The van der Waals surface area contributed by atoms with Crippen LogP contribution in [0, 0.1) is 0 Å². The minimum atomic E-state index is -3.51. The van der Waals surface area contributed by atoms with E-state index in [-0.39, 0.29) is 23.8 Å². The van der Waals surface area contributed by atoms with Crippen molar-refractivity contribution in [3.8, 4) is 0 Å². The number of sulfonamides is 1. The summed E-state index contributed by atoms with van der Waals surface area (Å²) in [5.41, 5.74) is 0.400. The predicted octanol–water partition coefficient (Wildman–Crippen LogP) is 2.10. The van der Waals surface area contributed by atoms with Crippen LogP contribution in [0.4, 0.5) is 0 Å². The van der Waals surface area contributed by atoms with Gasteiger partial charge in [-0.05, 0) is 57.7 Å². The van der Waals surface area contributed by atoms with Gasteiger partial charge in [0.15, 0.2) is 6.61 Å². The molecule has 0 bridgehead atoms. The standard InChI is InChI=1S/C24H37N3O6S/c1-24(2,3)25-21(28)17-26(4)22(29)18-33-23(30)14-11-19-9-12-20(13-10-19)34(31,32)27-15-7-5-6-8-16-27/h9-10,12-13H,5-8,11,14-18H2,1-4H3,(H,25,28). The molecule has 0 spiro atoms. The average molecular weight is 496 g/mol. The van der Waals surface area contributed by atoms with E-state index in [0.29, 0.717) is 19.5 Å². The highest BCUT2D eigenvalue weighted by Gasteiger charge is 2.25. The van der Waals surface area contributed by atoms with Gasteiger partial charge in [-0.25, -0.2) is 8.42 Å². The van der Waals surface area contributed by atoms with Crippen molar-refractivity contribution in [2.24, 2.45) is 0 Å². The van der Waals surface area contributed by atoms with Crippen LogP contribution in [0.15, 0.2) is 29.2 Å². The molecule has 0 radical (unpaired) electrons. The highest BCUT2D eigenvalue weighted by atomic mass is 32.2. The number of benzene rings is 1. The molecule has 1 saturated heterocycles. The van der Waals surface area contributed by atoms with E-state index in [0.717, 1.165) is 31.2 Å². The third-order valence-electron chi connectivity index (χ3n) is 5.42. The maximum Gasteiger partial charge on any atom is 0.306 e. The highest BCUT2D eigenvalue weighted by Crippen LogP contribution is 2.21. The van der Waals surface area contributed by atoms with Gasteiger partial charge in [-0.2, -0.15) is 4.31 Å². The van der Waals surface area contributed by atoms with Gasteiger partial charge in [0.05, 0.1) is 11.4 Å². The summed E-state index contributed by atoms with van der Waals surface area (Å²) >= 11 is 0. The molecule has 1 aromatic carbocycles. The third kappa shape index (κ3) is 9.06. The van der Waals surface area contributed by atoms with Gasteiger partial charge >= 0.3 is 5.97 Å². The quantitative estimate of drug-likeness (QED) is 0.525. The van der Waals surface area contributed by atoms with Gasteiger partial charge in [-0.15, -0.1) is 0 Å². The number of carbonyl (C=O) groups excluding carboxylic acids is 3. The number of hydrogen-bond acceptors (Lipinski definition) is 6. The van der Waals surface area contributed by atoms with Crippen LogP contribution >= 0.6 is 0 Å². The zero-order valence-electron chi connectivity index (χ0n) is 20.6. The number of esters is 1. The lowest BCUT2D eigenvalue weighted by molar-refractivity contribution is -0.152. The lowest BCUT2D eigenvalue weighted by Crippen LogP contribution is -2.46. The molecule has 2 amide bonds. The van der Waals surface area contributed by atoms with Gasteiger partial charge in [0, 0.05) is 32.1 Å². The molecule has 9 nitrogen and oxygen atoms in total. The van der Waals surface area contributed by atoms with E-state index < -0.39 is 34.0 Å². The summed E-state index contributed by atoms with van der Waals surface area (Å²) < 4.78 is 32.3. The van der Waals surface area contributed by atoms with Gasteiger partial charge < -0.3 is 15.0 Å². The van der Waals surface area contributed by atoms with E-state index in [9.17, 15) is 22.8 Å². The Morgan fingerprint density at radius 2 is 1.62 bits per heavy atom. The van der Waals surface area contributed by atoms with Crippen molar-refractivity contribution >= 4 is 27.8 Å². The Kier molecular flexibility index (Phi) is 10.1. The summed E-state index contributed by atoms with van der Waals surface area (Å²) in [6, 6.07) is 6.54. The molecule has 190 valence electrons. The molecule has 0 unspecified atom stereocenters. The molecule has 1 fully saturated rings. The minimum absolute atomic E-state index is 0.0553. The van der Waals surface area contributed by atoms with Gasteiger partial charge in [0.2, 0.25) is 15.9 Å². The number of hydrogen-bond donors (Lipinski definition) is 1. The summed E-state index contributed by atoms with van der Waals surface area (Å²) in [6.45, 7) is 6.06. The van der Waals surface area contributed by atoms with Crippen LogP contribution in [-0.2, 0) is 35.6 Å². The first-order valence-corrected chi connectivity index (χ1v) is 13.1. The summed E-state index contributed by atoms with van der Waals surface area (Å²) in [7, 11) is -2.04. The second-order valence-electron chi connectivity index (χ2n) is 9.67. The van der Waals surface area contributed by atoms with E-state index in [2.05, 4.69) is 5.32 Å². The molecule has 1 aromatic rings. The first-order chi connectivity index (χ1) is 15.9. The van der Waals surface area contributed by atoms with E-state index in [1.807, 2.05) is 20.8 Å². The Balaban J connectivity index is 1.78. The minimum Gasteiger partial charge on any atom is -0.456 e. The van der Waals surface area contributed by atoms with Crippen LogP contribution < -0.4 is 5.32 Å². The summed E-state index contributed by atoms with van der Waals surface area (Å²) in [4.78, 5) is 37.5. The lowest BCUT2D eigenvalue weighted by atomic mass is 10.1. The topological polar surface area (TPSA) is 113 Å². The highest BCUT2D eigenvalue weighted by molar-refractivity contribution is 7.89. The van der Waals surface area contributed by atoms with E-state index in [4.69, 9.17) is 4.74 Å². The second-order valence-corrected chi connectivity index (χ2v) is 11.6. The Bertz CT molecular complexity index is 946. The van der Waals surface area contributed by atoms with Gasteiger partial charge in [-0.1, -0.05) is 25.0 Å². The van der Waals surface area contributed by atoms with Crippen molar-refractivity contribution in [3.63, 3.8) is 0 Å². The van der Waals surface area contributed by atoms with E-state index >= 15 is 0 Å². The van der Waals surface area contributed by atoms with Gasteiger partial charge in [0.25, 0.3) is 5.91 Å². The van der Waals surface area contributed by atoms with Crippen molar-refractivity contribution in [1.29, 1.82) is 0 Å². The van der Waals surface area contributed by atoms with Gasteiger partial charge in [-0.3, -0.25) is 14.4 Å². The molecule has 1 aliphatic rings. The number of aryl methyl sites for hydroxylation is 1. The molecule has 0 atom stereocenters. The summed E-state index contributed by atoms with van der Waals surface area (Å²) in [6.07, 6.45) is 4.27. The van der Waals surface area contributed by atoms with E-state index in [1.165, 1.54) is 11.9 Å². The van der Waals surface area contributed by atoms with Crippen LogP contribution in [-0.4, -0.2) is 74.2 Å². The van der Waals surface area contributed by atoms with Crippen molar-refractivity contribution in [1.82, 2.24) is 14.5 Å². The number of carbonyl (C=O) groups is 3. The number of nitrogens with one attached hydrogen (secondary N) is 1. The Hall–Kier alpha value is -2.46. The average Bonchev–Trinajstić information content (AvgIpc) is 3.05. The van der Waals surface area contributed by atoms with Crippen molar-refractivity contribution in [2.75, 3.05) is 33.3 Å². The zero-order chi connectivity index (χ0) is 25.4. The third-order valence-corrected chi connectivity index (χ3v) is 7.33. The zero-order valence-corrected chi connectivity index (χ0v) is 21.4. The SMILES string of the molecule is CN(CC(=O)NC(C)(C)C)C(=O)COC(=O)CCc1ccc(S(=O)(=O)N2CCCCCC2)cc1. The first kappa shape index (κ1) is 27.8. The fourth-order valence-electron chi connectivity index (χ4n) is 3.59. The molecule has 0 aliphatic carbocycles. The Morgan fingerprint density at radius 1 is 1.03 bits per heavy atom. The summed E-state index contributed by atoms with van der Waals surface area (Å²) in [5, 5.41) is 2.76. The normalized spacial score (nSPS) is 15.3. The van der Waals surface area contributed by atoms with Crippen LogP contribution in [0.5, 0.6) is 0 Å². The molecular weight excluding hydrogens is 458 g/mol. The molecule has 1 N–H and O–H groups in total. The molecule has 1 heterocycles. The van der Waals surface area contributed by atoms with Crippen LogP contribution in [0.3, 0.4) is 0 Å². The predicted molar refractivity (Wildman–Crippen MR) is 128 cm³/mol. The van der Waals surface area contributed by atoms with Crippen LogP contribution in [0.25, 0.3) is 0 Å². The molecule has 1 aliphatic heterocycles. The van der Waals surface area contributed by atoms with Crippen molar-refractivity contribution < 1.29 is 27.5 Å². The second kappa shape index (κ2) is 12.3. The Labute approximate surface area is 202 Å². The van der Waals surface area contributed by atoms with Crippen molar-refractivity contribution in [2.45, 2.75) is 69.7 Å². The number of likely N-dealkylation sites (N-methyl/N-ethyl adjacent to an activating group) is 1. The maximum absolute atomic E-state index is 12.8. The molecule has 0 aromatic heterocycles. The monoisotopic (exact) mass is 495 g/mol. The smallest absolute Gasteiger partial charge is 0.306 e. The molecule has 10 heteroatoms. The van der Waals surface area contributed by atoms with Crippen LogP contribution in [0.1, 0.15) is 58.4 Å². The Morgan fingerprint density at radius 3 is 2.18 bits per heavy atom. The van der Waals surface area contributed by atoms with E-state index in [1.54, 1.807) is 28.6 Å². The fourth-order valence-corrected chi connectivity index (χ4v) is 5.11. The maximum atomic E-state index is 12.8. The number of rotatable bonds is 9. The molecule has 2 rings (SSSR count). The van der Waals surface area contributed by atoms with Gasteiger partial charge in [0.1, 0.15) is 0 Å². The molecule has 0 saturated carbocycles.